The summed E-state index contributed by atoms with van der Waals surface area (Å²) in [7, 11) is -1.51. The lowest BCUT2D eigenvalue weighted by Gasteiger charge is -2.00. The molecule has 0 amide bonds. The van der Waals surface area contributed by atoms with Crippen molar-refractivity contribution in [3.05, 3.63) is 71.8 Å². The Hall–Kier alpha value is -2.17. The highest BCUT2D eigenvalue weighted by Crippen LogP contribution is 2.05. The van der Waals surface area contributed by atoms with Crippen LogP contribution in [-0.2, 0) is 0 Å². The predicted molar refractivity (Wildman–Crippen MR) is 76.1 cm³/mol. The van der Waals surface area contributed by atoms with Crippen LogP contribution in [0.1, 0.15) is 15.9 Å². The molecule has 0 radical (unpaired) electrons. The maximum atomic E-state index is 11.9. The molecule has 3 nitrogen and oxygen atoms in total. The molecular formula is C15H13BO3. The fourth-order valence-electron chi connectivity index (χ4n) is 1.65. The van der Waals surface area contributed by atoms with E-state index in [1.54, 1.807) is 18.2 Å². The summed E-state index contributed by atoms with van der Waals surface area (Å²) < 4.78 is 0. The topological polar surface area (TPSA) is 57.5 Å². The molecule has 0 bridgehead atoms. The third-order valence-electron chi connectivity index (χ3n) is 2.72. The van der Waals surface area contributed by atoms with Gasteiger partial charge in [0.25, 0.3) is 0 Å². The van der Waals surface area contributed by atoms with Crippen molar-refractivity contribution in [1.82, 2.24) is 0 Å². The van der Waals surface area contributed by atoms with Gasteiger partial charge in [-0.15, -0.1) is 0 Å². The van der Waals surface area contributed by atoms with Crippen molar-refractivity contribution in [2.24, 2.45) is 0 Å². The van der Waals surface area contributed by atoms with Gasteiger partial charge in [-0.1, -0.05) is 60.7 Å². The molecule has 0 fully saturated rings. The first-order valence-corrected chi connectivity index (χ1v) is 5.90. The number of ketones is 1. The summed E-state index contributed by atoms with van der Waals surface area (Å²) >= 11 is 0. The molecular weight excluding hydrogens is 239 g/mol. The molecule has 2 rings (SSSR count). The van der Waals surface area contributed by atoms with Crippen LogP contribution in [0, 0.1) is 0 Å². The molecule has 0 aromatic heterocycles. The van der Waals surface area contributed by atoms with Crippen LogP contribution in [0.25, 0.3) is 6.08 Å². The molecule has 0 aliphatic rings. The molecule has 0 aliphatic carbocycles. The molecule has 2 aromatic rings. The van der Waals surface area contributed by atoms with E-state index in [9.17, 15) is 4.79 Å². The molecule has 0 heterocycles. The zero-order chi connectivity index (χ0) is 13.7. The summed E-state index contributed by atoms with van der Waals surface area (Å²) in [4.78, 5) is 11.9. The van der Waals surface area contributed by atoms with Gasteiger partial charge in [0, 0.05) is 5.56 Å². The van der Waals surface area contributed by atoms with Crippen molar-refractivity contribution in [3.8, 4) is 0 Å². The highest BCUT2D eigenvalue weighted by molar-refractivity contribution is 6.58. The van der Waals surface area contributed by atoms with E-state index in [4.69, 9.17) is 10.0 Å². The molecule has 19 heavy (non-hydrogen) atoms. The quantitative estimate of drug-likeness (QED) is 0.489. The Kier molecular flexibility index (Phi) is 4.28. The first-order chi connectivity index (χ1) is 9.16. The largest absolute Gasteiger partial charge is 0.488 e. The molecule has 4 heteroatoms. The van der Waals surface area contributed by atoms with Gasteiger partial charge in [0.05, 0.1) is 0 Å². The lowest BCUT2D eigenvalue weighted by Crippen LogP contribution is -2.29. The molecule has 2 N–H and O–H groups in total. The second-order valence-corrected chi connectivity index (χ2v) is 4.10. The van der Waals surface area contributed by atoms with E-state index in [1.165, 1.54) is 18.2 Å². The van der Waals surface area contributed by atoms with Gasteiger partial charge in [-0.25, -0.2) is 0 Å². The van der Waals surface area contributed by atoms with E-state index < -0.39 is 7.12 Å². The number of allylic oxidation sites excluding steroid dienone is 1. The summed E-state index contributed by atoms with van der Waals surface area (Å²) in [5, 5.41) is 17.9. The summed E-state index contributed by atoms with van der Waals surface area (Å²) in [6.07, 6.45) is 3.25. The third-order valence-corrected chi connectivity index (χ3v) is 2.72. The van der Waals surface area contributed by atoms with Crippen LogP contribution in [0.5, 0.6) is 0 Å². The highest BCUT2D eigenvalue weighted by Gasteiger charge is 2.10. The summed E-state index contributed by atoms with van der Waals surface area (Å²) in [6.45, 7) is 0. The van der Waals surface area contributed by atoms with Crippen molar-refractivity contribution < 1.29 is 14.8 Å². The molecule has 2 aromatic carbocycles. The van der Waals surface area contributed by atoms with Crippen LogP contribution >= 0.6 is 0 Å². The van der Waals surface area contributed by atoms with Crippen molar-refractivity contribution in [2.75, 3.05) is 0 Å². The van der Waals surface area contributed by atoms with Gasteiger partial charge in [-0.3, -0.25) is 4.79 Å². The van der Waals surface area contributed by atoms with Crippen LogP contribution in [0.3, 0.4) is 0 Å². The van der Waals surface area contributed by atoms with E-state index >= 15 is 0 Å². The third kappa shape index (κ3) is 3.65. The standard InChI is InChI=1S/C15H13BO3/c17-15(11-6-12-4-2-1-3-5-12)13-7-9-14(10-8-13)16(18)19/h1-11,18-19H/b11-6+. The number of hydrogen-bond donors (Lipinski definition) is 2. The number of benzene rings is 2. The minimum Gasteiger partial charge on any atom is -0.423 e. The fourth-order valence-corrected chi connectivity index (χ4v) is 1.65. The lowest BCUT2D eigenvalue weighted by atomic mass is 9.80. The zero-order valence-electron chi connectivity index (χ0n) is 10.2. The van der Waals surface area contributed by atoms with Gasteiger partial charge < -0.3 is 10.0 Å². The molecule has 0 saturated heterocycles. The van der Waals surface area contributed by atoms with E-state index in [1.807, 2.05) is 30.3 Å². The molecule has 0 unspecified atom stereocenters. The minimum atomic E-state index is -1.51. The monoisotopic (exact) mass is 252 g/mol. The molecule has 0 saturated carbocycles. The van der Waals surface area contributed by atoms with E-state index in [0.29, 0.717) is 11.0 Å². The molecule has 0 spiro atoms. The van der Waals surface area contributed by atoms with Gasteiger partial charge in [0.2, 0.25) is 0 Å². The van der Waals surface area contributed by atoms with Crippen LogP contribution in [0.2, 0.25) is 0 Å². The Balaban J connectivity index is 2.10. The summed E-state index contributed by atoms with van der Waals surface area (Å²) in [5.41, 5.74) is 1.83. The van der Waals surface area contributed by atoms with Crippen molar-refractivity contribution in [1.29, 1.82) is 0 Å². The second-order valence-electron chi connectivity index (χ2n) is 4.10. The number of rotatable bonds is 4. The summed E-state index contributed by atoms with van der Waals surface area (Å²) in [5.74, 6) is -0.122. The Morgan fingerprint density at radius 2 is 1.58 bits per heavy atom. The average molecular weight is 252 g/mol. The zero-order valence-corrected chi connectivity index (χ0v) is 10.2. The Labute approximate surface area is 112 Å². The average Bonchev–Trinajstić information content (AvgIpc) is 2.46. The van der Waals surface area contributed by atoms with Crippen molar-refractivity contribution in [3.63, 3.8) is 0 Å². The molecule has 0 aliphatic heterocycles. The van der Waals surface area contributed by atoms with Crippen molar-refractivity contribution >= 4 is 24.4 Å². The number of hydrogen-bond acceptors (Lipinski definition) is 3. The second kappa shape index (κ2) is 6.13. The van der Waals surface area contributed by atoms with Crippen LogP contribution in [0.4, 0.5) is 0 Å². The Morgan fingerprint density at radius 3 is 2.16 bits per heavy atom. The Morgan fingerprint density at radius 1 is 0.947 bits per heavy atom. The van der Waals surface area contributed by atoms with E-state index in [2.05, 4.69) is 0 Å². The Bertz CT molecular complexity index is 574. The van der Waals surface area contributed by atoms with Gasteiger partial charge in [-0.05, 0) is 17.1 Å². The lowest BCUT2D eigenvalue weighted by molar-refractivity contribution is 0.104. The van der Waals surface area contributed by atoms with Gasteiger partial charge in [0.1, 0.15) is 0 Å². The highest BCUT2D eigenvalue weighted by atomic mass is 16.4. The first kappa shape index (κ1) is 13.3. The van der Waals surface area contributed by atoms with E-state index in [0.717, 1.165) is 5.56 Å². The fraction of sp³-hybridized carbons (Fsp3) is 0. The van der Waals surface area contributed by atoms with Crippen LogP contribution in [-0.4, -0.2) is 22.9 Å². The van der Waals surface area contributed by atoms with Gasteiger partial charge in [0.15, 0.2) is 5.78 Å². The SMILES string of the molecule is O=C(/C=C/c1ccccc1)c1ccc(B(O)O)cc1. The smallest absolute Gasteiger partial charge is 0.423 e. The van der Waals surface area contributed by atoms with E-state index in [-0.39, 0.29) is 5.78 Å². The minimum absolute atomic E-state index is 0.122. The van der Waals surface area contributed by atoms with Crippen molar-refractivity contribution in [2.45, 2.75) is 0 Å². The molecule has 0 atom stereocenters. The van der Waals surface area contributed by atoms with Gasteiger partial charge in [-0.2, -0.15) is 0 Å². The van der Waals surface area contributed by atoms with Crippen LogP contribution < -0.4 is 5.46 Å². The number of carbonyl (C=O) groups excluding carboxylic acids is 1. The van der Waals surface area contributed by atoms with Crippen LogP contribution in [0.15, 0.2) is 60.7 Å². The first-order valence-electron chi connectivity index (χ1n) is 5.90. The number of carbonyl (C=O) groups is 1. The molecule has 94 valence electrons. The summed E-state index contributed by atoms with van der Waals surface area (Å²) in [6, 6.07) is 15.7. The maximum absolute atomic E-state index is 11.9. The normalized spacial score (nSPS) is 10.6. The predicted octanol–water partition coefficient (Wildman–Crippen LogP) is 1.26. The van der Waals surface area contributed by atoms with Gasteiger partial charge >= 0.3 is 7.12 Å². The maximum Gasteiger partial charge on any atom is 0.488 e.